The van der Waals surface area contributed by atoms with Crippen molar-refractivity contribution >= 4 is 17.5 Å². The van der Waals surface area contributed by atoms with Gasteiger partial charge in [-0.1, -0.05) is 12.1 Å². The molecule has 0 spiro atoms. The highest BCUT2D eigenvalue weighted by Gasteiger charge is 2.33. The van der Waals surface area contributed by atoms with Gasteiger partial charge in [0.15, 0.2) is 0 Å². The summed E-state index contributed by atoms with van der Waals surface area (Å²) in [7, 11) is 0. The highest BCUT2D eigenvalue weighted by atomic mass is 19.4. The molecule has 2 aliphatic rings. The van der Waals surface area contributed by atoms with E-state index in [1.54, 1.807) is 6.20 Å². The van der Waals surface area contributed by atoms with Crippen LogP contribution in [0.4, 0.5) is 29.2 Å². The standard InChI is InChI=1S/C26H25F4N5O2/c27-21-16-19(15-20(17-21)26(28,29)30)24(36)34-7-9-35(10-8-34)25-31-6-5-23(32-25)18-1-3-22(4-2-18)33-11-13-37-14-12-33/h1-6,15-17H,7-14H2. The summed E-state index contributed by atoms with van der Waals surface area (Å²) in [5, 5.41) is 0. The number of ether oxygens (including phenoxy) is 1. The second-order valence-corrected chi connectivity index (χ2v) is 8.89. The van der Waals surface area contributed by atoms with Crippen molar-refractivity contribution in [3.8, 4) is 11.3 Å². The second kappa shape index (κ2) is 10.3. The van der Waals surface area contributed by atoms with Gasteiger partial charge in [-0.15, -0.1) is 0 Å². The van der Waals surface area contributed by atoms with E-state index in [2.05, 4.69) is 22.0 Å². The predicted octanol–water partition coefficient (Wildman–Crippen LogP) is 4.10. The van der Waals surface area contributed by atoms with E-state index in [-0.39, 0.29) is 18.7 Å². The first-order chi connectivity index (χ1) is 17.8. The lowest BCUT2D eigenvalue weighted by molar-refractivity contribution is -0.137. The fraction of sp³-hybridized carbons (Fsp3) is 0.346. The fourth-order valence-corrected chi connectivity index (χ4v) is 4.49. The summed E-state index contributed by atoms with van der Waals surface area (Å²) in [5.41, 5.74) is 1.33. The maximum Gasteiger partial charge on any atom is 0.416 e. The second-order valence-electron chi connectivity index (χ2n) is 8.89. The van der Waals surface area contributed by atoms with Gasteiger partial charge in [-0.3, -0.25) is 4.79 Å². The normalized spacial score (nSPS) is 16.7. The van der Waals surface area contributed by atoms with E-state index in [1.807, 2.05) is 23.1 Å². The van der Waals surface area contributed by atoms with Crippen molar-refractivity contribution in [2.45, 2.75) is 6.18 Å². The molecule has 1 aromatic heterocycles. The van der Waals surface area contributed by atoms with Crippen molar-refractivity contribution in [2.75, 3.05) is 62.3 Å². The van der Waals surface area contributed by atoms with Crippen molar-refractivity contribution in [3.63, 3.8) is 0 Å². The van der Waals surface area contributed by atoms with Crippen molar-refractivity contribution < 1.29 is 27.1 Å². The van der Waals surface area contributed by atoms with Crippen LogP contribution in [0.2, 0.25) is 0 Å². The summed E-state index contributed by atoms with van der Waals surface area (Å²) < 4.78 is 58.3. The zero-order valence-electron chi connectivity index (χ0n) is 19.9. The molecule has 0 unspecified atom stereocenters. The molecule has 0 radical (unpaired) electrons. The number of hydrogen-bond donors (Lipinski definition) is 0. The SMILES string of the molecule is O=C(c1cc(F)cc(C(F)(F)F)c1)N1CCN(c2nccc(-c3ccc(N4CCOCC4)cc3)n2)CC1. The number of hydrogen-bond acceptors (Lipinski definition) is 6. The monoisotopic (exact) mass is 515 g/mol. The smallest absolute Gasteiger partial charge is 0.378 e. The average Bonchev–Trinajstić information content (AvgIpc) is 2.92. The van der Waals surface area contributed by atoms with Crippen molar-refractivity contribution in [1.82, 2.24) is 14.9 Å². The Morgan fingerprint density at radius 1 is 0.865 bits per heavy atom. The molecule has 11 heteroatoms. The number of amides is 1. The van der Waals surface area contributed by atoms with Crippen LogP contribution in [-0.4, -0.2) is 73.3 Å². The number of aromatic nitrogens is 2. The predicted molar refractivity (Wildman–Crippen MR) is 130 cm³/mol. The highest BCUT2D eigenvalue weighted by molar-refractivity contribution is 5.94. The number of rotatable bonds is 4. The summed E-state index contributed by atoms with van der Waals surface area (Å²) in [6.07, 6.45) is -3.06. The summed E-state index contributed by atoms with van der Waals surface area (Å²) >= 11 is 0. The van der Waals surface area contributed by atoms with Gasteiger partial charge in [0.25, 0.3) is 5.91 Å². The topological polar surface area (TPSA) is 61.8 Å². The van der Waals surface area contributed by atoms with E-state index < -0.39 is 23.5 Å². The van der Waals surface area contributed by atoms with E-state index >= 15 is 0 Å². The number of anilines is 2. The van der Waals surface area contributed by atoms with Crippen LogP contribution in [0.5, 0.6) is 0 Å². The van der Waals surface area contributed by atoms with Gasteiger partial charge in [0.05, 0.1) is 24.5 Å². The Morgan fingerprint density at radius 2 is 1.57 bits per heavy atom. The van der Waals surface area contributed by atoms with Crippen molar-refractivity contribution in [2.24, 2.45) is 0 Å². The van der Waals surface area contributed by atoms with E-state index in [0.29, 0.717) is 44.4 Å². The molecule has 0 atom stereocenters. The lowest BCUT2D eigenvalue weighted by Gasteiger charge is -2.35. The number of piperazine rings is 1. The Labute approximate surface area is 211 Å². The summed E-state index contributed by atoms with van der Waals surface area (Å²) in [4.78, 5) is 27.5. The van der Waals surface area contributed by atoms with Crippen LogP contribution in [0.25, 0.3) is 11.3 Å². The van der Waals surface area contributed by atoms with Gasteiger partial charge in [0.2, 0.25) is 5.95 Å². The Bertz CT molecular complexity index is 1250. The number of nitrogens with zero attached hydrogens (tertiary/aromatic N) is 5. The zero-order chi connectivity index (χ0) is 26.0. The van der Waals surface area contributed by atoms with E-state index in [1.165, 1.54) is 4.90 Å². The molecular formula is C26H25F4N5O2. The number of carbonyl (C=O) groups excluding carboxylic acids is 1. The molecule has 3 heterocycles. The first kappa shape index (κ1) is 24.9. The van der Waals surface area contributed by atoms with Gasteiger partial charge in [0, 0.05) is 62.3 Å². The molecule has 0 N–H and O–H groups in total. The van der Waals surface area contributed by atoms with Crippen LogP contribution in [0.1, 0.15) is 15.9 Å². The Balaban J connectivity index is 1.24. The molecule has 2 aromatic carbocycles. The fourth-order valence-electron chi connectivity index (χ4n) is 4.49. The van der Waals surface area contributed by atoms with E-state index in [9.17, 15) is 22.4 Å². The van der Waals surface area contributed by atoms with Crippen LogP contribution in [-0.2, 0) is 10.9 Å². The molecule has 0 aliphatic carbocycles. The number of morpholine rings is 1. The zero-order valence-corrected chi connectivity index (χ0v) is 19.9. The van der Waals surface area contributed by atoms with Gasteiger partial charge in [-0.05, 0) is 36.4 Å². The highest BCUT2D eigenvalue weighted by Crippen LogP contribution is 2.31. The molecule has 37 heavy (non-hydrogen) atoms. The Kier molecular flexibility index (Phi) is 6.96. The van der Waals surface area contributed by atoms with Crippen LogP contribution >= 0.6 is 0 Å². The minimum atomic E-state index is -4.74. The van der Waals surface area contributed by atoms with Gasteiger partial charge in [-0.2, -0.15) is 13.2 Å². The lowest BCUT2D eigenvalue weighted by atomic mass is 10.1. The van der Waals surface area contributed by atoms with Crippen molar-refractivity contribution in [3.05, 3.63) is 71.7 Å². The molecule has 0 saturated carbocycles. The van der Waals surface area contributed by atoms with Gasteiger partial charge < -0.3 is 19.4 Å². The molecule has 5 rings (SSSR count). The number of halogens is 4. The number of alkyl halides is 3. The molecular weight excluding hydrogens is 490 g/mol. The van der Waals surface area contributed by atoms with Crippen LogP contribution in [0.3, 0.4) is 0 Å². The summed E-state index contributed by atoms with van der Waals surface area (Å²) in [6.45, 7) is 4.43. The molecule has 3 aromatic rings. The minimum absolute atomic E-state index is 0.249. The average molecular weight is 516 g/mol. The lowest BCUT2D eigenvalue weighted by Crippen LogP contribution is -2.49. The molecule has 0 bridgehead atoms. The van der Waals surface area contributed by atoms with E-state index in [0.717, 1.165) is 36.1 Å². The van der Waals surface area contributed by atoms with Gasteiger partial charge in [0.1, 0.15) is 5.82 Å². The third-order valence-corrected chi connectivity index (χ3v) is 6.50. The van der Waals surface area contributed by atoms with Gasteiger partial charge >= 0.3 is 6.18 Å². The van der Waals surface area contributed by atoms with E-state index in [4.69, 9.17) is 9.72 Å². The summed E-state index contributed by atoms with van der Waals surface area (Å²) in [6, 6.07) is 11.9. The first-order valence-corrected chi connectivity index (χ1v) is 12.0. The Morgan fingerprint density at radius 3 is 2.24 bits per heavy atom. The molecule has 1 amide bonds. The first-order valence-electron chi connectivity index (χ1n) is 12.0. The van der Waals surface area contributed by atoms with Crippen LogP contribution < -0.4 is 9.80 Å². The molecule has 2 saturated heterocycles. The largest absolute Gasteiger partial charge is 0.416 e. The maximum absolute atomic E-state index is 13.8. The molecule has 7 nitrogen and oxygen atoms in total. The van der Waals surface area contributed by atoms with Crippen molar-refractivity contribution in [1.29, 1.82) is 0 Å². The number of carbonyl (C=O) groups is 1. The summed E-state index contributed by atoms with van der Waals surface area (Å²) in [5.74, 6) is -1.23. The van der Waals surface area contributed by atoms with Crippen LogP contribution in [0.15, 0.2) is 54.7 Å². The Hall–Kier alpha value is -3.73. The molecule has 194 valence electrons. The van der Waals surface area contributed by atoms with Gasteiger partial charge in [-0.25, -0.2) is 14.4 Å². The quantitative estimate of drug-likeness (QED) is 0.488. The number of benzene rings is 2. The maximum atomic E-state index is 13.8. The minimum Gasteiger partial charge on any atom is -0.378 e. The van der Waals surface area contributed by atoms with Crippen LogP contribution in [0, 0.1) is 5.82 Å². The molecule has 2 aliphatic heterocycles. The third-order valence-electron chi connectivity index (χ3n) is 6.50. The molecule has 2 fully saturated rings. The third kappa shape index (κ3) is 5.66.